The van der Waals surface area contributed by atoms with Crippen LogP contribution in [0, 0.1) is 0 Å². The van der Waals surface area contributed by atoms with Gasteiger partial charge in [0.15, 0.2) is 5.96 Å². The molecule has 0 aliphatic carbocycles. The Morgan fingerprint density at radius 2 is 1.57 bits per heavy atom. The third-order valence-electron chi connectivity index (χ3n) is 4.08. The van der Waals surface area contributed by atoms with Gasteiger partial charge in [0.2, 0.25) is 5.91 Å². The number of carbonyl (C=O) groups excluding carboxylic acids is 2. The lowest BCUT2D eigenvalue weighted by atomic mass is 10.2. The van der Waals surface area contributed by atoms with Gasteiger partial charge in [-0.25, -0.2) is 4.79 Å². The van der Waals surface area contributed by atoms with Gasteiger partial charge in [0.05, 0.1) is 0 Å². The van der Waals surface area contributed by atoms with Crippen LogP contribution in [0.2, 0.25) is 0 Å². The Balaban J connectivity index is 0.00000729. The van der Waals surface area contributed by atoms with E-state index >= 15 is 0 Å². The highest BCUT2D eigenvalue weighted by Gasteiger charge is 2.18. The summed E-state index contributed by atoms with van der Waals surface area (Å²) in [6, 6.07) is 0. The monoisotopic (exact) mass is 512 g/mol. The molecule has 0 aromatic rings. The minimum absolute atomic E-state index is 0. The number of piperazine rings is 1. The Labute approximate surface area is 186 Å². The summed E-state index contributed by atoms with van der Waals surface area (Å²) in [6.07, 6.45) is 0.377. The summed E-state index contributed by atoms with van der Waals surface area (Å²) >= 11 is 0. The molecule has 0 atom stereocenters. The molecule has 2 amide bonds. The molecule has 1 rings (SSSR count). The van der Waals surface area contributed by atoms with Gasteiger partial charge < -0.3 is 25.6 Å². The molecule has 0 aromatic carbocycles. The van der Waals surface area contributed by atoms with Gasteiger partial charge in [-0.2, -0.15) is 0 Å². The number of halogens is 1. The fourth-order valence-corrected chi connectivity index (χ4v) is 2.64. The zero-order chi connectivity index (χ0) is 20.3. The zero-order valence-corrected chi connectivity index (χ0v) is 20.2. The van der Waals surface area contributed by atoms with E-state index in [0.29, 0.717) is 13.1 Å². The van der Waals surface area contributed by atoms with Crippen LogP contribution in [0.5, 0.6) is 0 Å². The van der Waals surface area contributed by atoms with Gasteiger partial charge in [0.25, 0.3) is 0 Å². The Morgan fingerprint density at radius 1 is 1.00 bits per heavy atom. The normalized spacial score (nSPS) is 15.5. The maximum absolute atomic E-state index is 11.5. The fraction of sp³-hybridized carbons (Fsp3) is 0.833. The summed E-state index contributed by atoms with van der Waals surface area (Å²) < 4.78 is 5.18. The lowest BCUT2D eigenvalue weighted by Crippen LogP contribution is -2.50. The quantitative estimate of drug-likeness (QED) is 0.203. The van der Waals surface area contributed by atoms with Crippen molar-refractivity contribution >= 4 is 41.9 Å². The maximum atomic E-state index is 11.5. The molecule has 0 unspecified atom stereocenters. The van der Waals surface area contributed by atoms with Crippen molar-refractivity contribution in [1.29, 1.82) is 0 Å². The summed E-state index contributed by atoms with van der Waals surface area (Å²) in [5.41, 5.74) is -0.479. The van der Waals surface area contributed by atoms with Crippen LogP contribution in [0.3, 0.4) is 0 Å². The van der Waals surface area contributed by atoms with E-state index in [9.17, 15) is 9.59 Å². The number of hydrogen-bond donors (Lipinski definition) is 3. The molecule has 0 aromatic heterocycles. The average Bonchev–Trinajstić information content (AvgIpc) is 2.58. The molecule has 28 heavy (non-hydrogen) atoms. The van der Waals surface area contributed by atoms with Crippen LogP contribution in [-0.4, -0.2) is 92.8 Å². The fourth-order valence-electron chi connectivity index (χ4n) is 2.64. The van der Waals surface area contributed by atoms with Crippen molar-refractivity contribution in [3.05, 3.63) is 0 Å². The number of aliphatic imine (C=N–C) groups is 1. The van der Waals surface area contributed by atoms with Crippen LogP contribution in [-0.2, 0) is 9.53 Å². The number of nitrogens with zero attached hydrogens (tertiary/aromatic N) is 3. The number of hydrogen-bond acceptors (Lipinski definition) is 5. The number of ether oxygens (including phenoxy) is 1. The predicted molar refractivity (Wildman–Crippen MR) is 122 cm³/mol. The van der Waals surface area contributed by atoms with Crippen molar-refractivity contribution < 1.29 is 14.3 Å². The highest BCUT2D eigenvalue weighted by molar-refractivity contribution is 14.0. The standard InChI is InChI=1S/C18H36N6O3.HI/c1-15(25)24-13-11-23(12-14-24)10-9-21-16(19-5)20-7-6-8-22-17(26)27-18(2,3)4;/h6-14H2,1-5H3,(H,22,26)(H2,19,20,21);1H. The molecule has 0 spiro atoms. The molecule has 1 aliphatic rings. The summed E-state index contributed by atoms with van der Waals surface area (Å²) in [7, 11) is 1.74. The highest BCUT2D eigenvalue weighted by atomic mass is 127. The van der Waals surface area contributed by atoms with Gasteiger partial charge in [0, 0.05) is 66.3 Å². The van der Waals surface area contributed by atoms with Gasteiger partial charge >= 0.3 is 6.09 Å². The molecule has 1 saturated heterocycles. The first-order valence-corrected chi connectivity index (χ1v) is 9.60. The molecule has 3 N–H and O–H groups in total. The molecule has 1 fully saturated rings. The van der Waals surface area contributed by atoms with Crippen LogP contribution in [0.1, 0.15) is 34.1 Å². The summed E-state index contributed by atoms with van der Waals surface area (Å²) in [5.74, 6) is 0.896. The molecule has 1 heterocycles. The summed E-state index contributed by atoms with van der Waals surface area (Å²) in [6.45, 7) is 13.5. The van der Waals surface area contributed by atoms with E-state index in [1.165, 1.54) is 0 Å². The van der Waals surface area contributed by atoms with E-state index in [2.05, 4.69) is 25.8 Å². The lowest BCUT2D eigenvalue weighted by molar-refractivity contribution is -0.130. The van der Waals surface area contributed by atoms with Crippen molar-refractivity contribution in [2.45, 2.75) is 39.7 Å². The Morgan fingerprint density at radius 3 is 2.11 bits per heavy atom. The van der Waals surface area contributed by atoms with E-state index in [1.54, 1.807) is 14.0 Å². The van der Waals surface area contributed by atoms with Crippen LogP contribution < -0.4 is 16.0 Å². The Bertz CT molecular complexity index is 502. The topological polar surface area (TPSA) is 98.3 Å². The Kier molecular flexibility index (Phi) is 13.2. The first-order chi connectivity index (χ1) is 12.7. The van der Waals surface area contributed by atoms with E-state index in [0.717, 1.165) is 51.6 Å². The lowest BCUT2D eigenvalue weighted by Gasteiger charge is -2.34. The van der Waals surface area contributed by atoms with Crippen LogP contribution in [0.25, 0.3) is 0 Å². The Hall–Kier alpha value is -1.30. The van der Waals surface area contributed by atoms with Gasteiger partial charge in [-0.05, 0) is 27.2 Å². The third-order valence-corrected chi connectivity index (χ3v) is 4.08. The van der Waals surface area contributed by atoms with Crippen LogP contribution in [0.4, 0.5) is 4.79 Å². The molecule has 0 radical (unpaired) electrons. The van der Waals surface area contributed by atoms with Crippen molar-refractivity contribution in [1.82, 2.24) is 25.8 Å². The summed E-state index contributed by atoms with van der Waals surface area (Å²) in [5, 5.41) is 9.25. The van der Waals surface area contributed by atoms with Crippen LogP contribution >= 0.6 is 24.0 Å². The third kappa shape index (κ3) is 12.2. The van der Waals surface area contributed by atoms with E-state index < -0.39 is 11.7 Å². The second kappa shape index (κ2) is 13.8. The molecule has 0 saturated carbocycles. The second-order valence-electron chi connectivity index (χ2n) is 7.56. The number of amides is 2. The van der Waals surface area contributed by atoms with Crippen LogP contribution in [0.15, 0.2) is 4.99 Å². The number of rotatable bonds is 7. The minimum atomic E-state index is -0.479. The molecule has 9 nitrogen and oxygen atoms in total. The highest BCUT2D eigenvalue weighted by Crippen LogP contribution is 2.06. The van der Waals surface area contributed by atoms with Gasteiger partial charge in [0.1, 0.15) is 5.60 Å². The maximum Gasteiger partial charge on any atom is 0.407 e. The van der Waals surface area contributed by atoms with E-state index in [4.69, 9.17) is 4.74 Å². The smallest absolute Gasteiger partial charge is 0.407 e. The summed E-state index contributed by atoms with van der Waals surface area (Å²) in [4.78, 5) is 31.3. The first-order valence-electron chi connectivity index (χ1n) is 9.60. The van der Waals surface area contributed by atoms with E-state index in [-0.39, 0.29) is 29.9 Å². The largest absolute Gasteiger partial charge is 0.444 e. The van der Waals surface area contributed by atoms with Crippen molar-refractivity contribution in [3.8, 4) is 0 Å². The second-order valence-corrected chi connectivity index (χ2v) is 7.56. The van der Waals surface area contributed by atoms with Crippen molar-refractivity contribution in [2.75, 3.05) is 59.4 Å². The van der Waals surface area contributed by atoms with Gasteiger partial charge in [-0.3, -0.25) is 14.7 Å². The molecule has 0 bridgehead atoms. The minimum Gasteiger partial charge on any atom is -0.444 e. The number of guanidine groups is 1. The number of carbonyl (C=O) groups is 2. The predicted octanol–water partition coefficient (Wildman–Crippen LogP) is 0.848. The molecule has 164 valence electrons. The SMILES string of the molecule is CN=C(NCCCNC(=O)OC(C)(C)C)NCCN1CCN(C(C)=O)CC1.I. The molecular weight excluding hydrogens is 475 g/mol. The molecular formula is C18H37IN6O3. The molecule has 10 heteroatoms. The van der Waals surface area contributed by atoms with Gasteiger partial charge in [-0.1, -0.05) is 0 Å². The van der Waals surface area contributed by atoms with Gasteiger partial charge in [-0.15, -0.1) is 24.0 Å². The molecule has 1 aliphatic heterocycles. The average molecular weight is 512 g/mol. The van der Waals surface area contributed by atoms with Crippen molar-refractivity contribution in [2.24, 2.45) is 4.99 Å². The number of nitrogens with one attached hydrogen (secondary N) is 3. The van der Waals surface area contributed by atoms with Crippen molar-refractivity contribution in [3.63, 3.8) is 0 Å². The first kappa shape index (κ1) is 26.7. The number of alkyl carbamates (subject to hydrolysis) is 1. The van der Waals surface area contributed by atoms with E-state index in [1.807, 2.05) is 25.7 Å². The zero-order valence-electron chi connectivity index (χ0n) is 17.8.